The van der Waals surface area contributed by atoms with Gasteiger partial charge in [-0.3, -0.25) is 9.69 Å². The summed E-state index contributed by atoms with van der Waals surface area (Å²) in [6.45, 7) is 1.51. The molecule has 5 heteroatoms. The van der Waals surface area contributed by atoms with Crippen LogP contribution in [-0.2, 0) is 4.74 Å². The van der Waals surface area contributed by atoms with Gasteiger partial charge in [0.1, 0.15) is 0 Å². The van der Waals surface area contributed by atoms with Gasteiger partial charge in [-0.25, -0.2) is 0 Å². The molecule has 2 bridgehead atoms. The molecule has 2 aromatic carbocycles. The zero-order valence-corrected chi connectivity index (χ0v) is 16.0. The number of carbonyl (C=O) groups is 1. The Hall–Kier alpha value is -2.63. The van der Waals surface area contributed by atoms with Gasteiger partial charge in [0, 0.05) is 35.4 Å². The lowest BCUT2D eigenvalue weighted by atomic mass is 9.90. The molecule has 3 heterocycles. The van der Waals surface area contributed by atoms with Crippen LogP contribution in [0, 0.1) is 0 Å². The van der Waals surface area contributed by atoms with E-state index in [0.29, 0.717) is 12.1 Å². The highest BCUT2D eigenvalue weighted by Gasteiger charge is 2.37. The lowest BCUT2D eigenvalue weighted by Crippen LogP contribution is -2.59. The Kier molecular flexibility index (Phi) is 4.41. The second-order valence-electron chi connectivity index (χ2n) is 7.92. The van der Waals surface area contributed by atoms with E-state index in [9.17, 15) is 4.79 Å². The molecule has 0 aliphatic carbocycles. The number of piperidine rings is 1. The van der Waals surface area contributed by atoms with Crippen LogP contribution < -0.4 is 5.32 Å². The summed E-state index contributed by atoms with van der Waals surface area (Å²) in [5.74, 6) is 0.0134. The van der Waals surface area contributed by atoms with E-state index in [-0.39, 0.29) is 11.9 Å². The van der Waals surface area contributed by atoms with Gasteiger partial charge < -0.3 is 14.6 Å². The summed E-state index contributed by atoms with van der Waals surface area (Å²) in [6, 6.07) is 19.2. The Morgan fingerprint density at radius 2 is 1.68 bits per heavy atom. The Morgan fingerprint density at radius 3 is 2.43 bits per heavy atom. The third kappa shape index (κ3) is 3.01. The lowest BCUT2D eigenvalue weighted by molar-refractivity contribution is -0.0670. The largest absolute Gasteiger partial charge is 0.378 e. The van der Waals surface area contributed by atoms with Crippen LogP contribution in [-0.4, -0.2) is 53.8 Å². The van der Waals surface area contributed by atoms with Crippen LogP contribution >= 0.6 is 0 Å². The van der Waals surface area contributed by atoms with Crippen LogP contribution in [0.1, 0.15) is 23.2 Å². The average molecular weight is 375 g/mol. The van der Waals surface area contributed by atoms with Gasteiger partial charge in [-0.15, -0.1) is 0 Å². The van der Waals surface area contributed by atoms with Gasteiger partial charge in [0.25, 0.3) is 5.91 Å². The van der Waals surface area contributed by atoms with Gasteiger partial charge in [-0.05, 0) is 38.1 Å². The number of aromatic nitrogens is 1. The predicted octanol–water partition coefficient (Wildman–Crippen LogP) is 3.22. The molecule has 1 aromatic heterocycles. The fourth-order valence-electron chi connectivity index (χ4n) is 4.64. The van der Waals surface area contributed by atoms with E-state index in [1.54, 1.807) is 0 Å². The van der Waals surface area contributed by atoms with Gasteiger partial charge in [0.05, 0.1) is 24.3 Å². The Balaban J connectivity index is 1.44. The predicted molar refractivity (Wildman–Crippen MR) is 110 cm³/mol. The van der Waals surface area contributed by atoms with Crippen molar-refractivity contribution in [2.45, 2.75) is 31.0 Å². The monoisotopic (exact) mass is 375 g/mol. The fourth-order valence-corrected chi connectivity index (χ4v) is 4.64. The molecule has 0 saturated carbocycles. The molecule has 3 atom stereocenters. The first-order valence-corrected chi connectivity index (χ1v) is 9.97. The van der Waals surface area contributed by atoms with Crippen molar-refractivity contribution in [1.29, 1.82) is 0 Å². The maximum atomic E-state index is 13.2. The van der Waals surface area contributed by atoms with Crippen molar-refractivity contribution in [2.24, 2.45) is 0 Å². The zero-order chi connectivity index (χ0) is 19.1. The zero-order valence-electron chi connectivity index (χ0n) is 16.0. The first-order valence-electron chi connectivity index (χ1n) is 9.97. The first kappa shape index (κ1) is 17.5. The first-order chi connectivity index (χ1) is 13.7. The highest BCUT2D eigenvalue weighted by atomic mass is 16.5. The number of carbonyl (C=O) groups excluding carboxylic acids is 1. The van der Waals surface area contributed by atoms with Gasteiger partial charge in [-0.2, -0.15) is 0 Å². The number of hydrogen-bond donors (Lipinski definition) is 1. The lowest BCUT2D eigenvalue weighted by Gasteiger charge is -2.46. The van der Waals surface area contributed by atoms with Crippen LogP contribution in [0.4, 0.5) is 0 Å². The Bertz CT molecular complexity index is 984. The minimum absolute atomic E-state index is 0.0134. The van der Waals surface area contributed by atoms with Crippen LogP contribution in [0.2, 0.25) is 0 Å². The van der Waals surface area contributed by atoms with Crippen molar-refractivity contribution in [3.05, 3.63) is 66.4 Å². The van der Waals surface area contributed by atoms with Crippen molar-refractivity contribution in [2.75, 3.05) is 20.3 Å². The van der Waals surface area contributed by atoms with Crippen LogP contribution in [0.15, 0.2) is 60.8 Å². The number of nitrogens with one attached hydrogen (secondary N) is 1. The van der Waals surface area contributed by atoms with Gasteiger partial charge >= 0.3 is 0 Å². The molecule has 3 aromatic rings. The summed E-state index contributed by atoms with van der Waals surface area (Å²) >= 11 is 0. The molecule has 2 aliphatic heterocycles. The van der Waals surface area contributed by atoms with E-state index in [1.807, 2.05) is 42.6 Å². The maximum absolute atomic E-state index is 13.2. The summed E-state index contributed by atoms with van der Waals surface area (Å²) < 4.78 is 7.80. The molecule has 28 heavy (non-hydrogen) atoms. The van der Waals surface area contributed by atoms with Crippen molar-refractivity contribution < 1.29 is 9.53 Å². The molecular weight excluding hydrogens is 350 g/mol. The third-order valence-corrected chi connectivity index (χ3v) is 6.21. The topological polar surface area (TPSA) is 46.5 Å². The summed E-state index contributed by atoms with van der Waals surface area (Å²) in [7, 11) is 2.17. The number of amides is 1. The number of likely N-dealkylation sites (N-methyl/N-ethyl adjacent to an activating group) is 1. The minimum atomic E-state index is 0.0134. The van der Waals surface area contributed by atoms with E-state index in [4.69, 9.17) is 4.74 Å². The molecule has 2 saturated heterocycles. The van der Waals surface area contributed by atoms with Gasteiger partial charge in [-0.1, -0.05) is 36.4 Å². The van der Waals surface area contributed by atoms with Gasteiger partial charge in [0.2, 0.25) is 0 Å². The standard InChI is InChI=1S/C23H25N3O2/c1-25-18-11-16(12-19(25)15-28-14-18)24-23(27)21-13-26(17-7-3-2-4-8-17)22-10-6-5-9-20(21)22/h2-10,13,16,18-19H,11-12,14-15H2,1H3,(H,24,27)/t16?,18-,19+. The smallest absolute Gasteiger partial charge is 0.253 e. The van der Waals surface area contributed by atoms with E-state index >= 15 is 0 Å². The fraction of sp³-hybridized carbons (Fsp3) is 0.348. The molecule has 1 N–H and O–H groups in total. The molecule has 2 aliphatic rings. The molecular formula is C23H25N3O2. The second kappa shape index (κ2) is 7.08. The summed E-state index contributed by atoms with van der Waals surface area (Å²) in [5, 5.41) is 4.29. The molecule has 5 rings (SSSR count). The number of benzene rings is 2. The van der Waals surface area contributed by atoms with E-state index < -0.39 is 0 Å². The number of morpholine rings is 1. The molecule has 1 amide bonds. The number of rotatable bonds is 3. The van der Waals surface area contributed by atoms with E-state index in [2.05, 4.69) is 40.0 Å². The van der Waals surface area contributed by atoms with Crippen molar-refractivity contribution in [3.8, 4) is 5.69 Å². The molecule has 0 spiro atoms. The normalized spacial score (nSPS) is 25.0. The van der Waals surface area contributed by atoms with Crippen LogP contribution in [0.25, 0.3) is 16.6 Å². The maximum Gasteiger partial charge on any atom is 0.253 e. The van der Waals surface area contributed by atoms with Crippen LogP contribution in [0.3, 0.4) is 0 Å². The molecule has 2 fully saturated rings. The average Bonchev–Trinajstić information content (AvgIpc) is 3.09. The minimum Gasteiger partial charge on any atom is -0.378 e. The van der Waals surface area contributed by atoms with Crippen molar-refractivity contribution in [3.63, 3.8) is 0 Å². The SMILES string of the molecule is CN1[C@@H]2COC[C@H]1CC(NC(=O)c1cn(-c3ccccc3)c3ccccc13)C2. The van der Waals surface area contributed by atoms with E-state index in [0.717, 1.165) is 48.2 Å². The number of para-hydroxylation sites is 2. The summed E-state index contributed by atoms with van der Waals surface area (Å²) in [5.41, 5.74) is 2.84. The highest BCUT2D eigenvalue weighted by Crippen LogP contribution is 2.28. The molecule has 144 valence electrons. The summed E-state index contributed by atoms with van der Waals surface area (Å²) in [4.78, 5) is 15.6. The molecule has 0 radical (unpaired) electrons. The van der Waals surface area contributed by atoms with Crippen LogP contribution in [0.5, 0.6) is 0 Å². The highest BCUT2D eigenvalue weighted by molar-refractivity contribution is 6.07. The van der Waals surface area contributed by atoms with E-state index in [1.165, 1.54) is 0 Å². The van der Waals surface area contributed by atoms with Gasteiger partial charge in [0.15, 0.2) is 0 Å². The third-order valence-electron chi connectivity index (χ3n) is 6.21. The number of nitrogens with zero attached hydrogens (tertiary/aromatic N) is 2. The number of fused-ring (bicyclic) bond motifs is 3. The quantitative estimate of drug-likeness (QED) is 0.765. The van der Waals surface area contributed by atoms with Crippen molar-refractivity contribution in [1.82, 2.24) is 14.8 Å². The Labute approximate surface area is 164 Å². The Morgan fingerprint density at radius 1 is 1.00 bits per heavy atom. The molecule has 5 nitrogen and oxygen atoms in total. The number of hydrogen-bond acceptors (Lipinski definition) is 3. The molecule has 1 unspecified atom stereocenters. The second-order valence-corrected chi connectivity index (χ2v) is 7.92. The number of ether oxygens (including phenoxy) is 1. The van der Waals surface area contributed by atoms with Crippen molar-refractivity contribution >= 4 is 16.8 Å². The summed E-state index contributed by atoms with van der Waals surface area (Å²) in [6.07, 6.45) is 3.85.